The Morgan fingerprint density at radius 1 is 1.19 bits per heavy atom. The van der Waals surface area contributed by atoms with Gasteiger partial charge in [0.2, 0.25) is 5.91 Å². The van der Waals surface area contributed by atoms with E-state index in [9.17, 15) is 4.79 Å². The number of amides is 1. The summed E-state index contributed by atoms with van der Waals surface area (Å²) in [5.74, 6) is -0.856. The summed E-state index contributed by atoms with van der Waals surface area (Å²) in [5, 5.41) is 7.49. The summed E-state index contributed by atoms with van der Waals surface area (Å²) in [6.07, 6.45) is 0. The fourth-order valence-corrected chi connectivity index (χ4v) is 3.66. The molecule has 3 rings (SSSR count). The van der Waals surface area contributed by atoms with E-state index in [2.05, 4.69) is 15.6 Å². The number of rotatable bonds is 3. The summed E-state index contributed by atoms with van der Waals surface area (Å²) in [7, 11) is 0. The number of carbonyl (C=O) groups is 1. The van der Waals surface area contributed by atoms with Gasteiger partial charge in [0.1, 0.15) is 5.92 Å². The van der Waals surface area contributed by atoms with Gasteiger partial charge in [-0.3, -0.25) is 4.79 Å². The Balaban J connectivity index is 1.95. The molecule has 0 fully saturated rings. The number of benzene rings is 2. The smallest absolute Gasteiger partial charge is 0.235 e. The van der Waals surface area contributed by atoms with Crippen molar-refractivity contribution in [2.45, 2.75) is 13.0 Å². The molecular formula is C18H14Cl3N3OS. The molecule has 2 N–H and O–H groups in total. The van der Waals surface area contributed by atoms with Crippen molar-refractivity contribution >= 4 is 69.4 Å². The molecule has 134 valence electrons. The summed E-state index contributed by atoms with van der Waals surface area (Å²) in [4.78, 5) is 17.3. The molecule has 2 aromatic carbocycles. The third-order valence-corrected chi connectivity index (χ3v) is 5.30. The normalized spacial score (nSPS) is 19.5. The lowest BCUT2D eigenvalue weighted by molar-refractivity contribution is -0.118. The molecule has 0 saturated heterocycles. The van der Waals surface area contributed by atoms with Crippen molar-refractivity contribution in [1.82, 2.24) is 5.32 Å². The van der Waals surface area contributed by atoms with Crippen LogP contribution >= 0.6 is 47.0 Å². The van der Waals surface area contributed by atoms with Crippen molar-refractivity contribution in [3.8, 4) is 0 Å². The van der Waals surface area contributed by atoms with Crippen molar-refractivity contribution in [2.75, 3.05) is 5.32 Å². The molecule has 0 aromatic heterocycles. The van der Waals surface area contributed by atoms with Crippen LogP contribution in [0.5, 0.6) is 0 Å². The number of hydrogen-bond donors (Lipinski definition) is 2. The molecule has 8 heteroatoms. The van der Waals surface area contributed by atoms with Crippen LogP contribution < -0.4 is 10.6 Å². The van der Waals surface area contributed by atoms with Crippen LogP contribution in [0.2, 0.25) is 15.1 Å². The summed E-state index contributed by atoms with van der Waals surface area (Å²) < 4.78 is 0. The summed E-state index contributed by atoms with van der Waals surface area (Å²) in [6.45, 7) is 1.77. The zero-order chi connectivity index (χ0) is 18.8. The van der Waals surface area contributed by atoms with Gasteiger partial charge in [0, 0.05) is 10.7 Å². The first-order valence-corrected chi connectivity index (χ1v) is 9.27. The number of nitrogens with one attached hydrogen (secondary N) is 2. The molecule has 0 saturated carbocycles. The second kappa shape index (κ2) is 7.92. The van der Waals surface area contributed by atoms with Crippen LogP contribution in [0.4, 0.5) is 5.69 Å². The Morgan fingerprint density at radius 2 is 1.92 bits per heavy atom. The van der Waals surface area contributed by atoms with Gasteiger partial charge in [0.25, 0.3) is 0 Å². The van der Waals surface area contributed by atoms with Gasteiger partial charge in [0.05, 0.1) is 21.8 Å². The number of anilines is 1. The largest absolute Gasteiger partial charge is 0.353 e. The molecule has 2 unspecified atom stereocenters. The number of hydrogen-bond acceptors (Lipinski definition) is 2. The number of halogens is 3. The van der Waals surface area contributed by atoms with Crippen LogP contribution in [0, 0.1) is 5.92 Å². The van der Waals surface area contributed by atoms with Gasteiger partial charge in [-0.05, 0) is 49.0 Å². The quantitative estimate of drug-likeness (QED) is 0.656. The lowest BCUT2D eigenvalue weighted by Crippen LogP contribution is -2.45. The average molecular weight is 427 g/mol. The van der Waals surface area contributed by atoms with E-state index in [1.54, 1.807) is 37.3 Å². The molecule has 2 aromatic rings. The highest BCUT2D eigenvalue weighted by atomic mass is 35.5. The first-order valence-electron chi connectivity index (χ1n) is 7.73. The number of nitrogens with zero attached hydrogens (tertiary/aromatic N) is 1. The van der Waals surface area contributed by atoms with Gasteiger partial charge in [-0.25, -0.2) is 4.99 Å². The first kappa shape index (κ1) is 19.1. The number of aliphatic imine (C=N–C) groups is 1. The molecule has 4 nitrogen and oxygen atoms in total. The Hall–Kier alpha value is -1.66. The fourth-order valence-electron chi connectivity index (χ4n) is 2.85. The Kier molecular flexibility index (Phi) is 5.82. The maximum absolute atomic E-state index is 13.0. The summed E-state index contributed by atoms with van der Waals surface area (Å²) >= 11 is 23.5. The third-order valence-electron chi connectivity index (χ3n) is 4.04. The SMILES string of the molecule is CC1=NC(=S)NC(c2cccc(Cl)c2)C1C(=O)Nc1cccc(Cl)c1Cl. The van der Waals surface area contributed by atoms with Gasteiger partial charge in [-0.2, -0.15) is 0 Å². The Bertz CT molecular complexity index is 916. The lowest BCUT2D eigenvalue weighted by Gasteiger charge is -2.31. The van der Waals surface area contributed by atoms with E-state index in [-0.39, 0.29) is 10.9 Å². The minimum atomic E-state index is -0.588. The van der Waals surface area contributed by atoms with E-state index in [0.717, 1.165) is 5.56 Å². The number of carbonyl (C=O) groups excluding carboxylic acids is 1. The Labute approximate surface area is 171 Å². The van der Waals surface area contributed by atoms with Crippen LogP contribution in [0.15, 0.2) is 47.5 Å². The third kappa shape index (κ3) is 4.01. The minimum Gasteiger partial charge on any atom is -0.353 e. The average Bonchev–Trinajstić information content (AvgIpc) is 2.58. The van der Waals surface area contributed by atoms with Gasteiger partial charge in [-0.15, -0.1) is 0 Å². The zero-order valence-corrected chi connectivity index (χ0v) is 16.7. The molecule has 1 heterocycles. The minimum absolute atomic E-state index is 0.268. The lowest BCUT2D eigenvalue weighted by atomic mass is 9.87. The molecule has 0 bridgehead atoms. The van der Waals surface area contributed by atoms with E-state index >= 15 is 0 Å². The predicted molar refractivity (Wildman–Crippen MR) is 112 cm³/mol. The summed E-state index contributed by atoms with van der Waals surface area (Å²) in [5.41, 5.74) is 1.88. The molecular weight excluding hydrogens is 413 g/mol. The van der Waals surface area contributed by atoms with Crippen LogP contribution in [-0.2, 0) is 4.79 Å². The van der Waals surface area contributed by atoms with E-state index in [1.165, 1.54) is 0 Å². The van der Waals surface area contributed by atoms with Crippen LogP contribution in [-0.4, -0.2) is 16.7 Å². The van der Waals surface area contributed by atoms with Crippen molar-refractivity contribution < 1.29 is 4.79 Å². The maximum Gasteiger partial charge on any atom is 0.235 e. The molecule has 1 aliphatic rings. The maximum atomic E-state index is 13.0. The van der Waals surface area contributed by atoms with Gasteiger partial charge in [-0.1, -0.05) is 53.0 Å². The first-order chi connectivity index (χ1) is 12.4. The fraction of sp³-hybridized carbons (Fsp3) is 0.167. The van der Waals surface area contributed by atoms with E-state index in [0.29, 0.717) is 26.6 Å². The Morgan fingerprint density at radius 3 is 2.65 bits per heavy atom. The van der Waals surface area contributed by atoms with E-state index in [4.69, 9.17) is 47.0 Å². The number of thiocarbonyl (C=S) groups is 1. The molecule has 0 aliphatic carbocycles. The standard InChI is InChI=1S/C18H14Cl3N3OS/c1-9-14(17(25)23-13-7-3-6-12(20)15(13)21)16(24-18(26)22-9)10-4-2-5-11(19)8-10/h2-8,14,16H,1H3,(H,23,25)(H,24,26). The van der Waals surface area contributed by atoms with Crippen molar-refractivity contribution in [3.63, 3.8) is 0 Å². The van der Waals surface area contributed by atoms with Gasteiger partial charge < -0.3 is 10.6 Å². The van der Waals surface area contributed by atoms with Crippen LogP contribution in [0.25, 0.3) is 0 Å². The van der Waals surface area contributed by atoms with E-state index < -0.39 is 12.0 Å². The van der Waals surface area contributed by atoms with Gasteiger partial charge >= 0.3 is 0 Å². The molecule has 1 aliphatic heterocycles. The van der Waals surface area contributed by atoms with Crippen LogP contribution in [0.1, 0.15) is 18.5 Å². The molecule has 0 radical (unpaired) electrons. The predicted octanol–water partition coefficient (Wildman–Crippen LogP) is 5.29. The molecule has 1 amide bonds. The highest BCUT2D eigenvalue weighted by molar-refractivity contribution is 7.80. The molecule has 0 spiro atoms. The van der Waals surface area contributed by atoms with Crippen molar-refractivity contribution in [1.29, 1.82) is 0 Å². The molecule has 2 atom stereocenters. The second-order valence-corrected chi connectivity index (χ2v) is 7.41. The van der Waals surface area contributed by atoms with Crippen molar-refractivity contribution in [2.24, 2.45) is 10.9 Å². The highest BCUT2D eigenvalue weighted by Gasteiger charge is 2.36. The van der Waals surface area contributed by atoms with Crippen molar-refractivity contribution in [3.05, 3.63) is 63.1 Å². The molecule has 26 heavy (non-hydrogen) atoms. The van der Waals surface area contributed by atoms with Crippen LogP contribution in [0.3, 0.4) is 0 Å². The highest BCUT2D eigenvalue weighted by Crippen LogP contribution is 2.33. The van der Waals surface area contributed by atoms with Gasteiger partial charge in [0.15, 0.2) is 5.11 Å². The summed E-state index contributed by atoms with van der Waals surface area (Å²) in [6, 6.07) is 11.9. The zero-order valence-electron chi connectivity index (χ0n) is 13.6. The second-order valence-electron chi connectivity index (χ2n) is 5.80. The van der Waals surface area contributed by atoms with E-state index in [1.807, 2.05) is 12.1 Å². The topological polar surface area (TPSA) is 53.5 Å². The monoisotopic (exact) mass is 425 g/mol.